The van der Waals surface area contributed by atoms with Gasteiger partial charge in [0.1, 0.15) is 10.7 Å². The molecule has 0 radical (unpaired) electrons. The van der Waals surface area contributed by atoms with E-state index < -0.39 is 0 Å². The van der Waals surface area contributed by atoms with E-state index in [2.05, 4.69) is 6.58 Å². The molecule has 18 heavy (non-hydrogen) atoms. The lowest BCUT2D eigenvalue weighted by Gasteiger charge is -2.26. The normalized spacial score (nSPS) is 15.7. The molecule has 2 heterocycles. The molecule has 1 saturated heterocycles. The van der Waals surface area contributed by atoms with Crippen LogP contribution in [0.4, 0.5) is 5.82 Å². The van der Waals surface area contributed by atoms with Crippen molar-refractivity contribution in [2.75, 3.05) is 18.8 Å². The van der Waals surface area contributed by atoms with Gasteiger partial charge >= 0.3 is 0 Å². The van der Waals surface area contributed by atoms with E-state index >= 15 is 0 Å². The van der Waals surface area contributed by atoms with Crippen LogP contribution in [0.1, 0.15) is 28.9 Å². The molecule has 98 valence electrons. The number of carbonyl (C=O) groups is 1. The summed E-state index contributed by atoms with van der Waals surface area (Å²) in [6.07, 6.45) is 5.08. The van der Waals surface area contributed by atoms with Crippen LogP contribution in [0, 0.1) is 3.95 Å². The van der Waals surface area contributed by atoms with Crippen LogP contribution in [0.15, 0.2) is 12.7 Å². The molecule has 0 spiro atoms. The van der Waals surface area contributed by atoms with Gasteiger partial charge in [0, 0.05) is 19.6 Å². The van der Waals surface area contributed by atoms with E-state index in [0.717, 1.165) is 25.9 Å². The molecular formula is C12H17N3OS2. The molecule has 0 bridgehead atoms. The van der Waals surface area contributed by atoms with E-state index in [9.17, 15) is 4.79 Å². The summed E-state index contributed by atoms with van der Waals surface area (Å²) < 4.78 is 2.39. The summed E-state index contributed by atoms with van der Waals surface area (Å²) >= 11 is 6.53. The molecular weight excluding hydrogens is 266 g/mol. The van der Waals surface area contributed by atoms with Crippen molar-refractivity contribution < 1.29 is 4.79 Å². The van der Waals surface area contributed by atoms with Gasteiger partial charge in [-0.25, -0.2) is 0 Å². The first-order chi connectivity index (χ1) is 8.65. The lowest BCUT2D eigenvalue weighted by Crippen LogP contribution is -2.35. The molecule has 1 fully saturated rings. The van der Waals surface area contributed by atoms with Crippen molar-refractivity contribution in [1.82, 2.24) is 9.47 Å². The number of amides is 1. The Balaban J connectivity index is 2.27. The molecule has 0 unspecified atom stereocenters. The SMILES string of the molecule is C=CCn1c(N)c(C(=O)N2CCCCC2)sc1=S. The predicted molar refractivity (Wildman–Crippen MR) is 77.5 cm³/mol. The molecule has 0 atom stereocenters. The minimum atomic E-state index is 0.0195. The zero-order valence-electron chi connectivity index (χ0n) is 10.2. The molecule has 0 aliphatic carbocycles. The molecule has 0 saturated carbocycles. The van der Waals surface area contributed by atoms with Gasteiger partial charge in [-0.15, -0.1) is 6.58 Å². The molecule has 4 nitrogen and oxygen atoms in total. The van der Waals surface area contributed by atoms with Crippen molar-refractivity contribution in [3.8, 4) is 0 Å². The Kier molecular flexibility index (Phi) is 4.19. The van der Waals surface area contributed by atoms with E-state index in [0.29, 0.717) is 21.2 Å². The number of thiazole rings is 1. The number of allylic oxidation sites excluding steroid dienone is 1. The van der Waals surface area contributed by atoms with E-state index in [1.165, 1.54) is 17.8 Å². The summed E-state index contributed by atoms with van der Waals surface area (Å²) in [5.74, 6) is 0.492. The van der Waals surface area contributed by atoms with Crippen LogP contribution in [0.2, 0.25) is 0 Å². The van der Waals surface area contributed by atoms with Crippen LogP contribution in [0.5, 0.6) is 0 Å². The van der Waals surface area contributed by atoms with Gasteiger partial charge in [-0.3, -0.25) is 4.79 Å². The Hall–Kier alpha value is -1.14. The maximum atomic E-state index is 12.4. The van der Waals surface area contributed by atoms with Crippen LogP contribution < -0.4 is 5.73 Å². The highest BCUT2D eigenvalue weighted by atomic mass is 32.1. The molecule has 2 N–H and O–H groups in total. The first-order valence-electron chi connectivity index (χ1n) is 6.04. The number of rotatable bonds is 3. The Morgan fingerprint density at radius 2 is 2.11 bits per heavy atom. The second-order valence-corrected chi connectivity index (χ2v) is 5.98. The molecule has 1 aromatic rings. The highest BCUT2D eigenvalue weighted by Crippen LogP contribution is 2.25. The van der Waals surface area contributed by atoms with Gasteiger partial charge in [-0.05, 0) is 31.5 Å². The average Bonchev–Trinajstić information content (AvgIpc) is 2.67. The van der Waals surface area contributed by atoms with Gasteiger partial charge < -0.3 is 15.2 Å². The lowest BCUT2D eigenvalue weighted by molar-refractivity contribution is 0.0730. The van der Waals surface area contributed by atoms with E-state index in [1.807, 2.05) is 4.90 Å². The number of hydrogen-bond acceptors (Lipinski definition) is 4. The van der Waals surface area contributed by atoms with Crippen LogP contribution in [0.3, 0.4) is 0 Å². The number of likely N-dealkylation sites (tertiary alicyclic amines) is 1. The highest BCUT2D eigenvalue weighted by molar-refractivity contribution is 7.73. The number of nitrogens with two attached hydrogens (primary N) is 1. The standard InChI is InChI=1S/C12H17N3OS2/c1-2-6-15-10(13)9(18-12(15)17)11(16)14-7-4-3-5-8-14/h2H,1,3-8,13H2. The summed E-state index contributed by atoms with van der Waals surface area (Å²) in [5.41, 5.74) is 6.01. The summed E-state index contributed by atoms with van der Waals surface area (Å²) in [4.78, 5) is 14.8. The zero-order valence-corrected chi connectivity index (χ0v) is 11.9. The molecule has 1 aromatic heterocycles. The van der Waals surface area contributed by atoms with Gasteiger partial charge in [0.25, 0.3) is 5.91 Å². The van der Waals surface area contributed by atoms with Crippen molar-refractivity contribution in [1.29, 1.82) is 0 Å². The van der Waals surface area contributed by atoms with Gasteiger partial charge in [-0.1, -0.05) is 17.4 Å². The summed E-state index contributed by atoms with van der Waals surface area (Å²) in [6.45, 7) is 5.87. The zero-order chi connectivity index (χ0) is 13.1. The minimum Gasteiger partial charge on any atom is -0.384 e. The van der Waals surface area contributed by atoms with Crippen LogP contribution in [0.25, 0.3) is 0 Å². The topological polar surface area (TPSA) is 51.3 Å². The third-order valence-electron chi connectivity index (χ3n) is 3.08. The van der Waals surface area contributed by atoms with Crippen molar-refractivity contribution in [3.63, 3.8) is 0 Å². The molecule has 0 aromatic carbocycles. The molecule has 1 aliphatic rings. The van der Waals surface area contributed by atoms with Crippen LogP contribution in [-0.4, -0.2) is 28.5 Å². The number of aromatic nitrogens is 1. The van der Waals surface area contributed by atoms with Gasteiger partial charge in [0.05, 0.1) is 0 Å². The quantitative estimate of drug-likeness (QED) is 0.685. The van der Waals surface area contributed by atoms with Crippen molar-refractivity contribution in [2.24, 2.45) is 0 Å². The molecule has 1 amide bonds. The summed E-state index contributed by atoms with van der Waals surface area (Å²) in [6, 6.07) is 0. The number of anilines is 1. The Morgan fingerprint density at radius 3 is 2.72 bits per heavy atom. The molecule has 6 heteroatoms. The fourth-order valence-corrected chi connectivity index (χ4v) is 3.42. The smallest absolute Gasteiger partial charge is 0.267 e. The van der Waals surface area contributed by atoms with Gasteiger partial charge in [0.2, 0.25) is 0 Å². The van der Waals surface area contributed by atoms with Crippen LogP contribution >= 0.6 is 23.6 Å². The Morgan fingerprint density at radius 1 is 1.44 bits per heavy atom. The average molecular weight is 283 g/mol. The minimum absolute atomic E-state index is 0.0195. The van der Waals surface area contributed by atoms with Gasteiger partial charge in [0.15, 0.2) is 3.95 Å². The first kappa shape index (κ1) is 13.3. The van der Waals surface area contributed by atoms with E-state index in [4.69, 9.17) is 18.0 Å². The number of nitrogens with zero attached hydrogens (tertiary/aromatic N) is 2. The fourth-order valence-electron chi connectivity index (χ4n) is 2.11. The molecule has 2 rings (SSSR count). The first-order valence-corrected chi connectivity index (χ1v) is 7.27. The summed E-state index contributed by atoms with van der Waals surface area (Å²) in [7, 11) is 0. The Bertz CT molecular complexity index is 512. The fraction of sp³-hybridized carbons (Fsp3) is 0.500. The lowest BCUT2D eigenvalue weighted by atomic mass is 10.1. The van der Waals surface area contributed by atoms with Crippen LogP contribution in [-0.2, 0) is 6.54 Å². The monoisotopic (exact) mass is 283 g/mol. The van der Waals surface area contributed by atoms with Crippen molar-refractivity contribution in [3.05, 3.63) is 21.5 Å². The van der Waals surface area contributed by atoms with E-state index in [-0.39, 0.29) is 5.91 Å². The van der Waals surface area contributed by atoms with E-state index in [1.54, 1.807) is 10.6 Å². The maximum Gasteiger partial charge on any atom is 0.267 e. The Labute approximate surface area is 116 Å². The van der Waals surface area contributed by atoms with Crippen molar-refractivity contribution in [2.45, 2.75) is 25.8 Å². The molecule has 1 aliphatic heterocycles. The number of hydrogen-bond donors (Lipinski definition) is 1. The number of carbonyl (C=O) groups excluding carboxylic acids is 1. The third kappa shape index (κ3) is 2.49. The predicted octanol–water partition coefficient (Wildman–Crippen LogP) is 2.67. The second kappa shape index (κ2) is 5.67. The maximum absolute atomic E-state index is 12.4. The summed E-state index contributed by atoms with van der Waals surface area (Å²) in [5, 5.41) is 0. The number of piperidine rings is 1. The second-order valence-electron chi connectivity index (χ2n) is 4.33. The third-order valence-corrected chi connectivity index (χ3v) is 4.54. The highest BCUT2D eigenvalue weighted by Gasteiger charge is 2.23. The number of nitrogen functional groups attached to an aromatic ring is 1. The van der Waals surface area contributed by atoms with Crippen molar-refractivity contribution >= 4 is 35.3 Å². The van der Waals surface area contributed by atoms with Gasteiger partial charge in [-0.2, -0.15) is 0 Å². The largest absolute Gasteiger partial charge is 0.384 e.